The van der Waals surface area contributed by atoms with Crippen molar-refractivity contribution >= 4 is 5.91 Å². The number of aryl methyl sites for hydroxylation is 2. The molecular formula is C16H21N3O2. The summed E-state index contributed by atoms with van der Waals surface area (Å²) in [7, 11) is 0. The van der Waals surface area contributed by atoms with E-state index in [2.05, 4.69) is 10.6 Å². The van der Waals surface area contributed by atoms with Gasteiger partial charge in [0.05, 0.1) is 12.3 Å². The summed E-state index contributed by atoms with van der Waals surface area (Å²) in [5.41, 5.74) is 5.69. The third-order valence-electron chi connectivity index (χ3n) is 3.09. The maximum absolute atomic E-state index is 12.1. The first-order chi connectivity index (χ1) is 10.1. The van der Waals surface area contributed by atoms with Crippen molar-refractivity contribution in [3.05, 3.63) is 53.3 Å². The first-order valence-electron chi connectivity index (χ1n) is 7.04. The van der Waals surface area contributed by atoms with Gasteiger partial charge in [0, 0.05) is 18.2 Å². The van der Waals surface area contributed by atoms with Crippen molar-refractivity contribution in [1.82, 2.24) is 15.3 Å². The number of nitrogens with one attached hydrogen (secondary N) is 1. The Hall–Kier alpha value is -1.98. The number of aromatic nitrogens is 2. The van der Waals surface area contributed by atoms with Crippen LogP contribution >= 0.6 is 0 Å². The van der Waals surface area contributed by atoms with Gasteiger partial charge < -0.3 is 0 Å². The number of nitrogens with zero attached hydrogens (tertiary/aromatic N) is 2. The lowest BCUT2D eigenvalue weighted by atomic mass is 10.2. The number of rotatable bonds is 6. The second-order valence-electron chi connectivity index (χ2n) is 5.23. The lowest BCUT2D eigenvalue weighted by Gasteiger charge is -2.13. The Morgan fingerprint density at radius 3 is 2.67 bits per heavy atom. The van der Waals surface area contributed by atoms with E-state index >= 15 is 0 Å². The van der Waals surface area contributed by atoms with E-state index in [-0.39, 0.29) is 11.9 Å². The maximum atomic E-state index is 12.1. The second kappa shape index (κ2) is 7.15. The molecule has 0 saturated carbocycles. The van der Waals surface area contributed by atoms with Crippen molar-refractivity contribution in [3.63, 3.8) is 0 Å². The van der Waals surface area contributed by atoms with E-state index in [0.29, 0.717) is 13.0 Å². The number of hydrogen-bond acceptors (Lipinski definition) is 4. The number of carbonyl (C=O) groups excluding carboxylic acids is 1. The van der Waals surface area contributed by atoms with Crippen LogP contribution in [0.15, 0.2) is 36.4 Å². The zero-order valence-electron chi connectivity index (χ0n) is 12.7. The van der Waals surface area contributed by atoms with E-state index in [4.69, 9.17) is 4.84 Å². The van der Waals surface area contributed by atoms with Gasteiger partial charge in [0.25, 0.3) is 0 Å². The molecule has 5 heteroatoms. The monoisotopic (exact) mass is 287 g/mol. The van der Waals surface area contributed by atoms with Crippen LogP contribution in [0.3, 0.4) is 0 Å². The maximum Gasteiger partial charge on any atom is 0.248 e. The molecule has 0 amide bonds. The predicted octanol–water partition coefficient (Wildman–Crippen LogP) is 2.64. The summed E-state index contributed by atoms with van der Waals surface area (Å²) in [6.45, 7) is 6.14. The van der Waals surface area contributed by atoms with Gasteiger partial charge in [-0.2, -0.15) is 10.6 Å². The molecule has 0 radical (unpaired) electrons. The van der Waals surface area contributed by atoms with Crippen molar-refractivity contribution in [2.45, 2.75) is 39.8 Å². The minimum atomic E-state index is -0.0786. The second-order valence-corrected chi connectivity index (χ2v) is 5.23. The van der Waals surface area contributed by atoms with Crippen LogP contribution in [0.1, 0.15) is 35.1 Å². The number of benzene rings is 1. The Morgan fingerprint density at radius 2 is 2.05 bits per heavy atom. The quantitative estimate of drug-likeness (QED) is 0.830. The SMILES string of the molecule is Cc1cc(C)n(C(=O)C[C@H](C)NOCc2ccccc2)n1. The van der Waals surface area contributed by atoms with Crippen molar-refractivity contribution in [2.24, 2.45) is 0 Å². The largest absolute Gasteiger partial charge is 0.297 e. The standard InChI is InChI=1S/C16H21N3O2/c1-12-9-14(3)19(17-12)16(20)10-13(2)18-21-11-15-7-5-4-6-8-15/h4-9,13,18H,10-11H2,1-3H3/t13-/m0/s1. The van der Waals surface area contributed by atoms with Gasteiger partial charge in [-0.05, 0) is 32.4 Å². The van der Waals surface area contributed by atoms with Crippen LogP contribution in [0.25, 0.3) is 0 Å². The van der Waals surface area contributed by atoms with Crippen LogP contribution in [0.4, 0.5) is 0 Å². The molecular weight excluding hydrogens is 266 g/mol. The van der Waals surface area contributed by atoms with Gasteiger partial charge in [-0.3, -0.25) is 9.63 Å². The summed E-state index contributed by atoms with van der Waals surface area (Å²) in [6, 6.07) is 11.7. The predicted molar refractivity (Wildman–Crippen MR) is 80.8 cm³/mol. The van der Waals surface area contributed by atoms with Crippen molar-refractivity contribution in [1.29, 1.82) is 0 Å². The Bertz CT molecular complexity index is 593. The fourth-order valence-corrected chi connectivity index (χ4v) is 2.11. The minimum absolute atomic E-state index is 0.0380. The van der Waals surface area contributed by atoms with E-state index < -0.39 is 0 Å². The van der Waals surface area contributed by atoms with E-state index in [1.807, 2.05) is 57.2 Å². The van der Waals surface area contributed by atoms with Crippen LogP contribution in [0.2, 0.25) is 0 Å². The first kappa shape index (κ1) is 15.4. The molecule has 0 bridgehead atoms. The molecule has 0 saturated heterocycles. The van der Waals surface area contributed by atoms with Gasteiger partial charge >= 0.3 is 0 Å². The molecule has 2 aromatic rings. The highest BCUT2D eigenvalue weighted by Crippen LogP contribution is 2.05. The lowest BCUT2D eigenvalue weighted by Crippen LogP contribution is -2.31. The van der Waals surface area contributed by atoms with Crippen LogP contribution < -0.4 is 5.48 Å². The summed E-state index contributed by atoms with van der Waals surface area (Å²) in [6.07, 6.45) is 0.330. The van der Waals surface area contributed by atoms with E-state index in [1.165, 1.54) is 4.68 Å². The summed E-state index contributed by atoms with van der Waals surface area (Å²) in [5.74, 6) is -0.0380. The Kier molecular flexibility index (Phi) is 5.25. The molecule has 0 unspecified atom stereocenters. The normalized spacial score (nSPS) is 12.3. The van der Waals surface area contributed by atoms with Gasteiger partial charge in [-0.15, -0.1) is 0 Å². The molecule has 1 aromatic carbocycles. The number of carbonyl (C=O) groups is 1. The molecule has 0 fully saturated rings. The molecule has 0 aliphatic rings. The van der Waals surface area contributed by atoms with Crippen LogP contribution in [-0.2, 0) is 11.4 Å². The van der Waals surface area contributed by atoms with Crippen molar-refractivity contribution in [3.8, 4) is 0 Å². The third-order valence-corrected chi connectivity index (χ3v) is 3.09. The molecule has 2 rings (SSSR count). The summed E-state index contributed by atoms with van der Waals surface area (Å²) >= 11 is 0. The topological polar surface area (TPSA) is 56.2 Å². The molecule has 112 valence electrons. The highest BCUT2D eigenvalue weighted by Gasteiger charge is 2.14. The van der Waals surface area contributed by atoms with E-state index in [1.54, 1.807) is 0 Å². The molecule has 21 heavy (non-hydrogen) atoms. The molecule has 0 aliphatic carbocycles. The highest BCUT2D eigenvalue weighted by molar-refractivity contribution is 5.79. The summed E-state index contributed by atoms with van der Waals surface area (Å²) in [5, 5.41) is 4.19. The molecule has 1 aromatic heterocycles. The Labute approximate surface area is 124 Å². The van der Waals surface area contributed by atoms with Crippen LogP contribution in [0.5, 0.6) is 0 Å². The zero-order valence-corrected chi connectivity index (χ0v) is 12.7. The van der Waals surface area contributed by atoms with Crippen LogP contribution in [-0.4, -0.2) is 21.7 Å². The minimum Gasteiger partial charge on any atom is -0.297 e. The van der Waals surface area contributed by atoms with Gasteiger partial charge in [0.2, 0.25) is 5.91 Å². The fraction of sp³-hybridized carbons (Fsp3) is 0.375. The third kappa shape index (κ3) is 4.51. The number of hydroxylamine groups is 1. The molecule has 5 nitrogen and oxygen atoms in total. The van der Waals surface area contributed by atoms with Crippen molar-refractivity contribution in [2.75, 3.05) is 0 Å². The van der Waals surface area contributed by atoms with Gasteiger partial charge in [-0.1, -0.05) is 30.3 Å². The van der Waals surface area contributed by atoms with Crippen LogP contribution in [0, 0.1) is 13.8 Å². The Balaban J connectivity index is 1.78. The lowest BCUT2D eigenvalue weighted by molar-refractivity contribution is 0.00560. The average molecular weight is 287 g/mol. The Morgan fingerprint density at radius 1 is 1.33 bits per heavy atom. The van der Waals surface area contributed by atoms with Crippen molar-refractivity contribution < 1.29 is 9.63 Å². The molecule has 0 spiro atoms. The highest BCUT2D eigenvalue weighted by atomic mass is 16.6. The first-order valence-corrected chi connectivity index (χ1v) is 7.04. The molecule has 1 N–H and O–H groups in total. The van der Waals surface area contributed by atoms with E-state index in [0.717, 1.165) is 17.0 Å². The number of hydrogen-bond donors (Lipinski definition) is 1. The van der Waals surface area contributed by atoms with Gasteiger partial charge in [-0.25, -0.2) is 4.68 Å². The summed E-state index contributed by atoms with van der Waals surface area (Å²) < 4.78 is 1.45. The van der Waals surface area contributed by atoms with E-state index in [9.17, 15) is 4.79 Å². The molecule has 0 aliphatic heterocycles. The fourth-order valence-electron chi connectivity index (χ4n) is 2.11. The molecule has 1 heterocycles. The molecule has 1 atom stereocenters. The van der Waals surface area contributed by atoms with Gasteiger partial charge in [0.1, 0.15) is 0 Å². The smallest absolute Gasteiger partial charge is 0.248 e. The van der Waals surface area contributed by atoms with Gasteiger partial charge in [0.15, 0.2) is 0 Å². The summed E-state index contributed by atoms with van der Waals surface area (Å²) in [4.78, 5) is 17.5. The zero-order chi connectivity index (χ0) is 15.2. The average Bonchev–Trinajstić information content (AvgIpc) is 2.79.